The Morgan fingerprint density at radius 2 is 2.04 bits per heavy atom. The Bertz CT molecular complexity index is 647. The Hall–Kier alpha value is -1.44. The lowest BCUT2D eigenvalue weighted by Crippen LogP contribution is -2.51. The predicted molar refractivity (Wildman–Crippen MR) is 103 cm³/mol. The van der Waals surface area contributed by atoms with Gasteiger partial charge in [0.2, 0.25) is 11.8 Å². The second-order valence-electron chi connectivity index (χ2n) is 6.96. The summed E-state index contributed by atoms with van der Waals surface area (Å²) in [5, 5.41) is 0. The maximum atomic E-state index is 12.8. The fourth-order valence-corrected chi connectivity index (χ4v) is 4.06. The van der Waals surface area contributed by atoms with Gasteiger partial charge in [0, 0.05) is 63.8 Å². The number of ether oxygens (including phenoxy) is 1. The Labute approximate surface area is 163 Å². The van der Waals surface area contributed by atoms with Crippen molar-refractivity contribution in [2.45, 2.75) is 13.0 Å². The van der Waals surface area contributed by atoms with Gasteiger partial charge < -0.3 is 14.5 Å². The fourth-order valence-electron chi connectivity index (χ4n) is 3.62. The van der Waals surface area contributed by atoms with E-state index in [1.165, 1.54) is 0 Å². The van der Waals surface area contributed by atoms with Crippen LogP contribution in [0.4, 0.5) is 0 Å². The van der Waals surface area contributed by atoms with Crippen molar-refractivity contribution in [1.82, 2.24) is 14.7 Å². The first kappa shape index (κ1) is 19.3. The summed E-state index contributed by atoms with van der Waals surface area (Å²) in [5.41, 5.74) is 1.08. The van der Waals surface area contributed by atoms with Crippen LogP contribution in [0.25, 0.3) is 0 Å². The molecule has 7 heteroatoms. The first-order chi connectivity index (χ1) is 12.6. The van der Waals surface area contributed by atoms with Crippen molar-refractivity contribution < 1.29 is 14.3 Å². The highest BCUT2D eigenvalue weighted by Gasteiger charge is 2.37. The van der Waals surface area contributed by atoms with Gasteiger partial charge in [-0.25, -0.2) is 0 Å². The summed E-state index contributed by atoms with van der Waals surface area (Å²) < 4.78 is 6.11. The smallest absolute Gasteiger partial charge is 0.228 e. The number of piperazine rings is 1. The molecule has 2 aliphatic heterocycles. The SMILES string of the molecule is COCCN1CCN(C(=O)[C@H]2CC(=O)N(Cc3cccc(Br)c3)C2)CC1. The summed E-state index contributed by atoms with van der Waals surface area (Å²) in [4.78, 5) is 31.2. The second kappa shape index (κ2) is 8.97. The molecule has 6 nitrogen and oxygen atoms in total. The van der Waals surface area contributed by atoms with E-state index in [1.54, 1.807) is 12.0 Å². The topological polar surface area (TPSA) is 53.1 Å². The van der Waals surface area contributed by atoms with E-state index in [2.05, 4.69) is 20.8 Å². The molecule has 0 saturated carbocycles. The quantitative estimate of drug-likeness (QED) is 0.696. The van der Waals surface area contributed by atoms with E-state index in [4.69, 9.17) is 4.74 Å². The van der Waals surface area contributed by atoms with Gasteiger partial charge in [-0.1, -0.05) is 28.1 Å². The summed E-state index contributed by atoms with van der Waals surface area (Å²) in [6.45, 7) is 5.92. The maximum Gasteiger partial charge on any atom is 0.228 e. The summed E-state index contributed by atoms with van der Waals surface area (Å²) in [6.07, 6.45) is 0.330. The minimum absolute atomic E-state index is 0.0713. The number of likely N-dealkylation sites (tertiary alicyclic amines) is 1. The van der Waals surface area contributed by atoms with Crippen LogP contribution in [0.5, 0.6) is 0 Å². The number of benzene rings is 1. The molecule has 0 radical (unpaired) electrons. The zero-order valence-corrected chi connectivity index (χ0v) is 16.8. The zero-order valence-electron chi connectivity index (χ0n) is 15.2. The number of carbonyl (C=O) groups is 2. The molecule has 2 amide bonds. The van der Waals surface area contributed by atoms with E-state index in [1.807, 2.05) is 29.2 Å². The van der Waals surface area contributed by atoms with Gasteiger partial charge >= 0.3 is 0 Å². The van der Waals surface area contributed by atoms with Gasteiger partial charge in [-0.05, 0) is 17.7 Å². The normalized spacial score (nSPS) is 21.5. The molecule has 2 fully saturated rings. The molecule has 0 aliphatic carbocycles. The molecule has 26 heavy (non-hydrogen) atoms. The summed E-state index contributed by atoms with van der Waals surface area (Å²) in [5.74, 6) is -0.0104. The van der Waals surface area contributed by atoms with E-state index in [-0.39, 0.29) is 17.7 Å². The Balaban J connectivity index is 1.51. The van der Waals surface area contributed by atoms with Gasteiger partial charge in [0.15, 0.2) is 0 Å². The van der Waals surface area contributed by atoms with Crippen LogP contribution in [-0.2, 0) is 20.9 Å². The lowest BCUT2D eigenvalue weighted by molar-refractivity contribution is -0.137. The molecule has 0 aromatic heterocycles. The van der Waals surface area contributed by atoms with Crippen molar-refractivity contribution in [3.05, 3.63) is 34.3 Å². The van der Waals surface area contributed by atoms with Crippen molar-refractivity contribution in [2.75, 3.05) is 53.0 Å². The van der Waals surface area contributed by atoms with E-state index < -0.39 is 0 Å². The second-order valence-corrected chi connectivity index (χ2v) is 7.88. The number of rotatable bonds is 6. The molecule has 0 unspecified atom stereocenters. The lowest BCUT2D eigenvalue weighted by atomic mass is 10.1. The fraction of sp³-hybridized carbons (Fsp3) is 0.579. The van der Waals surface area contributed by atoms with Crippen LogP contribution in [0.1, 0.15) is 12.0 Å². The maximum absolute atomic E-state index is 12.8. The average Bonchev–Trinajstić information content (AvgIpc) is 3.00. The van der Waals surface area contributed by atoms with E-state index in [9.17, 15) is 9.59 Å². The summed E-state index contributed by atoms with van der Waals surface area (Å²) in [7, 11) is 1.71. The molecule has 1 atom stereocenters. The van der Waals surface area contributed by atoms with Crippen LogP contribution in [0.15, 0.2) is 28.7 Å². The van der Waals surface area contributed by atoms with E-state index in [0.29, 0.717) is 19.5 Å². The molecule has 0 bridgehead atoms. The number of halogens is 1. The van der Waals surface area contributed by atoms with Gasteiger partial charge in [0.1, 0.15) is 0 Å². The Morgan fingerprint density at radius 1 is 1.27 bits per heavy atom. The Kier molecular flexibility index (Phi) is 6.67. The predicted octanol–water partition coefficient (Wildman–Crippen LogP) is 1.59. The number of carbonyl (C=O) groups excluding carboxylic acids is 2. The minimum atomic E-state index is -0.208. The number of nitrogens with zero attached hydrogens (tertiary/aromatic N) is 3. The molecular formula is C19H26BrN3O3. The van der Waals surface area contributed by atoms with Crippen molar-refractivity contribution in [1.29, 1.82) is 0 Å². The third-order valence-electron chi connectivity index (χ3n) is 5.12. The van der Waals surface area contributed by atoms with Gasteiger partial charge in [-0.15, -0.1) is 0 Å². The van der Waals surface area contributed by atoms with Crippen LogP contribution in [0, 0.1) is 5.92 Å². The number of hydrogen-bond donors (Lipinski definition) is 0. The molecule has 2 heterocycles. The Morgan fingerprint density at radius 3 is 2.73 bits per heavy atom. The highest BCUT2D eigenvalue weighted by atomic mass is 79.9. The molecule has 2 aliphatic rings. The van der Waals surface area contributed by atoms with Gasteiger partial charge in [-0.3, -0.25) is 14.5 Å². The van der Waals surface area contributed by atoms with Crippen molar-refractivity contribution in [3.63, 3.8) is 0 Å². The zero-order chi connectivity index (χ0) is 18.5. The third-order valence-corrected chi connectivity index (χ3v) is 5.62. The molecule has 3 rings (SSSR count). The van der Waals surface area contributed by atoms with Gasteiger partial charge in [-0.2, -0.15) is 0 Å². The van der Waals surface area contributed by atoms with Gasteiger partial charge in [0.25, 0.3) is 0 Å². The lowest BCUT2D eigenvalue weighted by Gasteiger charge is -2.35. The number of amides is 2. The summed E-state index contributed by atoms with van der Waals surface area (Å²) >= 11 is 3.46. The minimum Gasteiger partial charge on any atom is -0.383 e. The molecule has 142 valence electrons. The number of hydrogen-bond acceptors (Lipinski definition) is 4. The van der Waals surface area contributed by atoms with Crippen molar-refractivity contribution in [2.24, 2.45) is 5.92 Å². The first-order valence-electron chi connectivity index (χ1n) is 9.09. The van der Waals surface area contributed by atoms with E-state index in [0.717, 1.165) is 49.4 Å². The molecule has 1 aromatic rings. The van der Waals surface area contributed by atoms with Gasteiger partial charge in [0.05, 0.1) is 12.5 Å². The highest BCUT2D eigenvalue weighted by Crippen LogP contribution is 2.23. The number of methoxy groups -OCH3 is 1. The third kappa shape index (κ3) is 4.84. The molecular weight excluding hydrogens is 398 g/mol. The molecule has 0 spiro atoms. The van der Waals surface area contributed by atoms with Crippen molar-refractivity contribution >= 4 is 27.7 Å². The largest absolute Gasteiger partial charge is 0.383 e. The molecule has 0 N–H and O–H groups in total. The highest BCUT2D eigenvalue weighted by molar-refractivity contribution is 9.10. The van der Waals surface area contributed by atoms with Crippen LogP contribution in [-0.4, -0.2) is 79.5 Å². The molecule has 2 saturated heterocycles. The van der Waals surface area contributed by atoms with Crippen molar-refractivity contribution in [3.8, 4) is 0 Å². The van der Waals surface area contributed by atoms with Crippen LogP contribution in [0.2, 0.25) is 0 Å². The van der Waals surface area contributed by atoms with Crippen LogP contribution in [0.3, 0.4) is 0 Å². The summed E-state index contributed by atoms with van der Waals surface area (Å²) in [6, 6.07) is 7.95. The van der Waals surface area contributed by atoms with Crippen LogP contribution < -0.4 is 0 Å². The van der Waals surface area contributed by atoms with Crippen LogP contribution >= 0.6 is 15.9 Å². The average molecular weight is 424 g/mol. The first-order valence-corrected chi connectivity index (χ1v) is 9.88. The molecule has 1 aromatic carbocycles. The standard InChI is InChI=1S/C19H26BrN3O3/c1-26-10-9-21-5-7-22(8-6-21)19(25)16-12-18(24)23(14-16)13-15-3-2-4-17(20)11-15/h2-4,11,16H,5-10,12-14H2,1H3/t16-/m0/s1. The monoisotopic (exact) mass is 423 g/mol. The van der Waals surface area contributed by atoms with E-state index >= 15 is 0 Å².